The van der Waals surface area contributed by atoms with Crippen molar-refractivity contribution in [3.8, 4) is 0 Å². The van der Waals surface area contributed by atoms with Crippen LogP contribution in [0.4, 0.5) is 15.8 Å². The highest BCUT2D eigenvalue weighted by molar-refractivity contribution is 8.00. The van der Waals surface area contributed by atoms with Gasteiger partial charge in [0.25, 0.3) is 11.8 Å². The molecular formula is C31H24Cl2FN3O3S. The van der Waals surface area contributed by atoms with Crippen LogP contribution in [-0.2, 0) is 9.59 Å². The standard InChI is InChI=1S/C31H24Cl2FN3O3S/c1-19(29(38)36-26-16-8-14-24(32)28(26)33)41-23-13-7-12-22(18-23)35-31(40)27(17-21-11-5-6-15-25(21)34)37-30(39)20-9-3-2-4-10-20/h2-19H,1H3,(H,35,40)(H,36,38)(H,37,39)/b27-17-. The van der Waals surface area contributed by atoms with E-state index < -0.39 is 22.9 Å². The summed E-state index contributed by atoms with van der Waals surface area (Å²) in [6.45, 7) is 1.73. The van der Waals surface area contributed by atoms with E-state index in [1.807, 2.05) is 0 Å². The zero-order chi connectivity index (χ0) is 29.4. The van der Waals surface area contributed by atoms with Gasteiger partial charge in [0.05, 0.1) is 21.0 Å². The third-order valence-corrected chi connectivity index (χ3v) is 7.63. The van der Waals surface area contributed by atoms with Gasteiger partial charge < -0.3 is 16.0 Å². The van der Waals surface area contributed by atoms with Crippen LogP contribution in [0.15, 0.2) is 108 Å². The molecule has 208 valence electrons. The molecule has 0 saturated heterocycles. The molecule has 3 N–H and O–H groups in total. The number of amides is 3. The van der Waals surface area contributed by atoms with E-state index in [0.717, 1.165) is 0 Å². The fraction of sp³-hybridized carbons (Fsp3) is 0.0645. The number of thioether (sulfide) groups is 1. The predicted molar refractivity (Wildman–Crippen MR) is 164 cm³/mol. The maximum absolute atomic E-state index is 14.4. The number of anilines is 2. The minimum Gasteiger partial charge on any atom is -0.324 e. The molecule has 4 rings (SSSR count). The fourth-order valence-electron chi connectivity index (χ4n) is 3.63. The molecule has 0 saturated carbocycles. The van der Waals surface area contributed by atoms with Crippen LogP contribution >= 0.6 is 35.0 Å². The maximum Gasteiger partial charge on any atom is 0.272 e. The molecule has 0 aliphatic rings. The first-order valence-corrected chi connectivity index (χ1v) is 14.0. The molecular weight excluding hydrogens is 584 g/mol. The van der Waals surface area contributed by atoms with Crippen LogP contribution in [0.25, 0.3) is 6.08 Å². The molecule has 3 amide bonds. The van der Waals surface area contributed by atoms with Gasteiger partial charge in [-0.25, -0.2) is 4.39 Å². The Kier molecular flexibility index (Phi) is 10.2. The van der Waals surface area contributed by atoms with Crippen molar-refractivity contribution in [2.75, 3.05) is 10.6 Å². The van der Waals surface area contributed by atoms with Crippen molar-refractivity contribution in [3.05, 3.63) is 130 Å². The zero-order valence-corrected chi connectivity index (χ0v) is 24.0. The highest BCUT2D eigenvalue weighted by atomic mass is 35.5. The molecule has 0 aliphatic heterocycles. The molecule has 6 nitrogen and oxygen atoms in total. The Bertz CT molecular complexity index is 1620. The van der Waals surface area contributed by atoms with Crippen LogP contribution in [0, 0.1) is 5.82 Å². The Labute approximate surface area is 250 Å². The average molecular weight is 609 g/mol. The second kappa shape index (κ2) is 14.0. The van der Waals surface area contributed by atoms with Crippen molar-refractivity contribution in [3.63, 3.8) is 0 Å². The first-order chi connectivity index (χ1) is 19.7. The zero-order valence-electron chi connectivity index (χ0n) is 21.7. The number of rotatable bonds is 9. The summed E-state index contributed by atoms with van der Waals surface area (Å²) in [5.74, 6) is -2.00. The van der Waals surface area contributed by atoms with E-state index in [0.29, 0.717) is 26.9 Å². The largest absolute Gasteiger partial charge is 0.324 e. The van der Waals surface area contributed by atoms with Crippen LogP contribution in [-0.4, -0.2) is 23.0 Å². The minimum absolute atomic E-state index is 0.134. The van der Waals surface area contributed by atoms with Crippen molar-refractivity contribution in [2.24, 2.45) is 0 Å². The number of hydrogen-bond donors (Lipinski definition) is 3. The van der Waals surface area contributed by atoms with Gasteiger partial charge in [-0.3, -0.25) is 14.4 Å². The normalized spacial score (nSPS) is 11.9. The summed E-state index contributed by atoms with van der Waals surface area (Å²) in [7, 11) is 0. The van der Waals surface area contributed by atoms with Gasteiger partial charge in [-0.05, 0) is 61.5 Å². The molecule has 10 heteroatoms. The highest BCUT2D eigenvalue weighted by Gasteiger charge is 2.19. The summed E-state index contributed by atoms with van der Waals surface area (Å²) in [5.41, 5.74) is 1.15. The highest BCUT2D eigenvalue weighted by Crippen LogP contribution is 2.31. The third-order valence-electron chi connectivity index (χ3n) is 5.72. The Hall–Kier alpha value is -4.11. The average Bonchev–Trinajstić information content (AvgIpc) is 2.96. The van der Waals surface area contributed by atoms with Gasteiger partial charge in [0.1, 0.15) is 11.5 Å². The Balaban J connectivity index is 1.49. The van der Waals surface area contributed by atoms with Crippen LogP contribution in [0.2, 0.25) is 10.0 Å². The van der Waals surface area contributed by atoms with E-state index in [-0.39, 0.29) is 22.2 Å². The number of nitrogens with one attached hydrogen (secondary N) is 3. The van der Waals surface area contributed by atoms with Gasteiger partial charge in [0.2, 0.25) is 5.91 Å². The molecule has 0 radical (unpaired) electrons. The maximum atomic E-state index is 14.4. The molecule has 1 unspecified atom stereocenters. The molecule has 1 atom stereocenters. The van der Waals surface area contributed by atoms with Gasteiger partial charge in [-0.1, -0.05) is 71.7 Å². The first kappa shape index (κ1) is 29.9. The van der Waals surface area contributed by atoms with Gasteiger partial charge in [-0.2, -0.15) is 0 Å². The molecule has 0 bridgehead atoms. The topological polar surface area (TPSA) is 87.3 Å². The molecule has 4 aromatic carbocycles. The van der Waals surface area contributed by atoms with E-state index in [1.54, 1.807) is 85.8 Å². The molecule has 4 aromatic rings. The summed E-state index contributed by atoms with van der Waals surface area (Å²) in [6, 6.07) is 26.1. The second-order valence-electron chi connectivity index (χ2n) is 8.73. The Morgan fingerprint density at radius 3 is 2.32 bits per heavy atom. The van der Waals surface area contributed by atoms with Crippen molar-refractivity contribution in [1.82, 2.24) is 5.32 Å². The Morgan fingerprint density at radius 2 is 1.56 bits per heavy atom. The number of hydrogen-bond acceptors (Lipinski definition) is 4. The van der Waals surface area contributed by atoms with E-state index in [2.05, 4.69) is 16.0 Å². The lowest BCUT2D eigenvalue weighted by molar-refractivity contribution is -0.115. The lowest BCUT2D eigenvalue weighted by Gasteiger charge is -2.15. The number of carbonyl (C=O) groups excluding carboxylic acids is 3. The van der Waals surface area contributed by atoms with Crippen LogP contribution < -0.4 is 16.0 Å². The molecule has 0 aromatic heterocycles. The third kappa shape index (κ3) is 8.20. The SMILES string of the molecule is CC(Sc1cccc(NC(=O)/C(=C/c2ccccc2F)NC(=O)c2ccccc2)c1)C(=O)Nc1cccc(Cl)c1Cl. The summed E-state index contributed by atoms with van der Waals surface area (Å²) in [5, 5.41) is 8.17. The summed E-state index contributed by atoms with van der Waals surface area (Å²) in [6.07, 6.45) is 1.28. The fourth-order valence-corrected chi connectivity index (χ4v) is 4.90. The van der Waals surface area contributed by atoms with Crippen LogP contribution in [0.1, 0.15) is 22.8 Å². The van der Waals surface area contributed by atoms with E-state index in [4.69, 9.17) is 23.2 Å². The van der Waals surface area contributed by atoms with Gasteiger partial charge in [0, 0.05) is 21.7 Å². The van der Waals surface area contributed by atoms with Gasteiger partial charge in [-0.15, -0.1) is 11.8 Å². The number of carbonyl (C=O) groups is 3. The Morgan fingerprint density at radius 1 is 0.854 bits per heavy atom. The van der Waals surface area contributed by atoms with Crippen molar-refractivity contribution < 1.29 is 18.8 Å². The van der Waals surface area contributed by atoms with E-state index in [9.17, 15) is 18.8 Å². The van der Waals surface area contributed by atoms with E-state index in [1.165, 1.54) is 36.0 Å². The lowest BCUT2D eigenvalue weighted by Crippen LogP contribution is -2.30. The number of benzene rings is 4. The second-order valence-corrected chi connectivity index (χ2v) is 10.9. The summed E-state index contributed by atoms with van der Waals surface area (Å²) >= 11 is 13.5. The predicted octanol–water partition coefficient (Wildman–Crippen LogP) is 7.66. The van der Waals surface area contributed by atoms with Gasteiger partial charge in [0.15, 0.2) is 0 Å². The van der Waals surface area contributed by atoms with Crippen LogP contribution in [0.3, 0.4) is 0 Å². The molecule has 0 fully saturated rings. The van der Waals surface area contributed by atoms with Crippen molar-refractivity contribution in [1.29, 1.82) is 0 Å². The minimum atomic E-state index is -0.652. The molecule has 41 heavy (non-hydrogen) atoms. The molecule has 0 spiro atoms. The van der Waals surface area contributed by atoms with Crippen molar-refractivity contribution in [2.45, 2.75) is 17.1 Å². The van der Waals surface area contributed by atoms with Crippen molar-refractivity contribution >= 4 is 70.1 Å². The first-order valence-electron chi connectivity index (χ1n) is 12.4. The van der Waals surface area contributed by atoms with Gasteiger partial charge >= 0.3 is 0 Å². The van der Waals surface area contributed by atoms with E-state index >= 15 is 0 Å². The lowest BCUT2D eigenvalue weighted by atomic mass is 10.1. The smallest absolute Gasteiger partial charge is 0.272 e. The summed E-state index contributed by atoms with van der Waals surface area (Å²) in [4.78, 5) is 39.6. The summed E-state index contributed by atoms with van der Waals surface area (Å²) < 4.78 is 14.4. The molecule has 0 heterocycles. The quantitative estimate of drug-likeness (QED) is 0.135. The number of halogens is 3. The van der Waals surface area contributed by atoms with Crippen LogP contribution in [0.5, 0.6) is 0 Å². The molecule has 0 aliphatic carbocycles. The monoisotopic (exact) mass is 607 g/mol.